The van der Waals surface area contributed by atoms with Gasteiger partial charge in [-0.25, -0.2) is 9.59 Å². The summed E-state index contributed by atoms with van der Waals surface area (Å²) in [5.41, 5.74) is -1.41. The molecule has 10 nitrogen and oxygen atoms in total. The summed E-state index contributed by atoms with van der Waals surface area (Å²) in [6.07, 6.45) is -1.18. The second-order valence-corrected chi connectivity index (χ2v) is 6.79. The minimum absolute atomic E-state index is 0.000435. The van der Waals surface area contributed by atoms with Gasteiger partial charge in [-0.05, 0) is 6.92 Å². The highest BCUT2D eigenvalue weighted by atomic mass is 19.4. The maximum absolute atomic E-state index is 12.9. The van der Waals surface area contributed by atoms with Gasteiger partial charge in [-0.3, -0.25) is 18.5 Å². The van der Waals surface area contributed by atoms with Crippen molar-refractivity contribution in [3.63, 3.8) is 0 Å². The van der Waals surface area contributed by atoms with Crippen molar-refractivity contribution in [3.8, 4) is 24.2 Å². The highest BCUT2D eigenvalue weighted by Crippen LogP contribution is 2.25. The quantitative estimate of drug-likeness (QED) is 0.488. The Morgan fingerprint density at radius 2 is 2.03 bits per heavy atom. The van der Waals surface area contributed by atoms with Crippen LogP contribution < -0.4 is 21.5 Å². The van der Waals surface area contributed by atoms with E-state index in [9.17, 15) is 27.6 Å². The fourth-order valence-electron chi connectivity index (χ4n) is 3.31. The summed E-state index contributed by atoms with van der Waals surface area (Å²) in [6.45, 7) is 1.68. The Balaban J connectivity index is 2.25. The van der Waals surface area contributed by atoms with Crippen LogP contribution in [0.5, 0.6) is 0 Å². The lowest BCUT2D eigenvalue weighted by Gasteiger charge is -2.36. The molecule has 0 bridgehead atoms. The maximum atomic E-state index is 12.9. The number of hydrogen-bond acceptors (Lipinski definition) is 7. The lowest BCUT2D eigenvalue weighted by atomic mass is 10.3. The number of nitrogens with zero attached hydrogens (tertiary/aromatic N) is 5. The molecule has 13 heteroatoms. The molecule has 0 aliphatic carbocycles. The first kappa shape index (κ1) is 23.0. The van der Waals surface area contributed by atoms with Gasteiger partial charge >= 0.3 is 17.8 Å². The van der Waals surface area contributed by atoms with E-state index in [1.54, 1.807) is 6.92 Å². The van der Waals surface area contributed by atoms with Crippen LogP contribution in [0.2, 0.25) is 0 Å². The van der Waals surface area contributed by atoms with Crippen LogP contribution in [0.15, 0.2) is 9.59 Å². The number of aromatic nitrogens is 4. The van der Waals surface area contributed by atoms with Crippen LogP contribution in [-0.4, -0.2) is 56.7 Å². The number of imidazole rings is 1. The van der Waals surface area contributed by atoms with Crippen LogP contribution >= 0.6 is 0 Å². The number of fused-ring (bicyclic) bond motifs is 1. The first-order chi connectivity index (χ1) is 15.1. The monoisotopic (exact) mass is 452 g/mol. The normalized spacial score (nSPS) is 16.4. The standard InChI is InChI=1S/C19H19F3N6O4/c1-4-6-9-27-13-14(28(8-5-2)18(31)25(3)15(13)29)24-17(27)26-10-7-23-11-12(26)32-16(30)19(20,21)22/h2,12,23H,7-11H2,1,3H3. The molecule has 1 atom stereocenters. The molecule has 1 N–H and O–H groups in total. The molecular weight excluding hydrogens is 433 g/mol. The zero-order valence-electron chi connectivity index (χ0n) is 17.2. The van der Waals surface area contributed by atoms with Crippen molar-refractivity contribution in [1.82, 2.24) is 24.0 Å². The van der Waals surface area contributed by atoms with E-state index in [4.69, 9.17) is 6.42 Å². The Kier molecular flexibility index (Phi) is 6.32. The lowest BCUT2D eigenvalue weighted by molar-refractivity contribution is -0.205. The Labute approximate surface area is 179 Å². The maximum Gasteiger partial charge on any atom is 0.491 e. The van der Waals surface area contributed by atoms with Gasteiger partial charge in [-0.15, -0.1) is 12.3 Å². The molecule has 1 unspecified atom stereocenters. The van der Waals surface area contributed by atoms with Crippen LogP contribution in [0.25, 0.3) is 11.2 Å². The third-order valence-electron chi connectivity index (χ3n) is 4.80. The Hall–Kier alpha value is -3.71. The fourth-order valence-corrected chi connectivity index (χ4v) is 3.31. The molecule has 170 valence electrons. The van der Waals surface area contributed by atoms with E-state index in [0.29, 0.717) is 6.54 Å². The highest BCUT2D eigenvalue weighted by Gasteiger charge is 2.44. The van der Waals surface area contributed by atoms with Crippen molar-refractivity contribution in [3.05, 3.63) is 20.8 Å². The van der Waals surface area contributed by atoms with E-state index >= 15 is 0 Å². The third-order valence-corrected chi connectivity index (χ3v) is 4.80. The van der Waals surface area contributed by atoms with Gasteiger partial charge in [0.15, 0.2) is 17.4 Å². The number of anilines is 1. The van der Waals surface area contributed by atoms with Crippen molar-refractivity contribution in [2.75, 3.05) is 24.5 Å². The second-order valence-electron chi connectivity index (χ2n) is 6.79. The first-order valence-electron chi connectivity index (χ1n) is 9.40. The molecule has 32 heavy (non-hydrogen) atoms. The molecule has 3 rings (SSSR count). The highest BCUT2D eigenvalue weighted by molar-refractivity contribution is 5.77. The number of terminal acetylenes is 1. The summed E-state index contributed by atoms with van der Waals surface area (Å²) in [5, 5.41) is 2.85. The molecule has 2 aromatic heterocycles. The SMILES string of the molecule is C#CCn1c(=O)n(C)c(=O)c2c1nc(N1CCNCC1OC(=O)C(F)(F)F)n2CC#CC. The predicted molar refractivity (Wildman–Crippen MR) is 108 cm³/mol. The molecule has 2 aromatic rings. The lowest BCUT2D eigenvalue weighted by Crippen LogP contribution is -2.55. The molecule has 0 aromatic carbocycles. The van der Waals surface area contributed by atoms with Crippen LogP contribution in [0, 0.1) is 24.2 Å². The van der Waals surface area contributed by atoms with Gasteiger partial charge in [-0.1, -0.05) is 11.8 Å². The number of carbonyl (C=O) groups excluding carboxylic acids is 1. The number of carbonyl (C=O) groups is 1. The second kappa shape index (κ2) is 8.80. The predicted octanol–water partition coefficient (Wildman–Crippen LogP) is -0.606. The molecule has 0 amide bonds. The molecule has 1 aliphatic heterocycles. The largest absolute Gasteiger partial charge is 0.491 e. The van der Waals surface area contributed by atoms with Gasteiger partial charge in [0.2, 0.25) is 5.95 Å². The molecule has 0 saturated carbocycles. The topological polar surface area (TPSA) is 103 Å². The molecule has 1 aliphatic rings. The van der Waals surface area contributed by atoms with E-state index in [1.165, 1.54) is 16.5 Å². The Morgan fingerprint density at radius 1 is 1.31 bits per heavy atom. The summed E-state index contributed by atoms with van der Waals surface area (Å²) in [6, 6.07) is 0. The van der Waals surface area contributed by atoms with Gasteiger partial charge in [0.25, 0.3) is 5.56 Å². The van der Waals surface area contributed by atoms with E-state index in [1.807, 2.05) is 0 Å². The number of ether oxygens (including phenoxy) is 1. The molecule has 0 radical (unpaired) electrons. The van der Waals surface area contributed by atoms with Crippen LogP contribution in [-0.2, 0) is 29.7 Å². The van der Waals surface area contributed by atoms with Crippen LogP contribution in [0.3, 0.4) is 0 Å². The number of piperazine rings is 1. The van der Waals surface area contributed by atoms with Crippen molar-refractivity contribution in [2.45, 2.75) is 32.4 Å². The zero-order chi connectivity index (χ0) is 23.6. The van der Waals surface area contributed by atoms with Crippen LogP contribution in [0.1, 0.15) is 6.92 Å². The van der Waals surface area contributed by atoms with Crippen molar-refractivity contribution < 1.29 is 22.7 Å². The van der Waals surface area contributed by atoms with E-state index in [0.717, 1.165) is 9.13 Å². The zero-order valence-corrected chi connectivity index (χ0v) is 17.2. The van der Waals surface area contributed by atoms with Crippen molar-refractivity contribution in [1.29, 1.82) is 0 Å². The summed E-state index contributed by atoms with van der Waals surface area (Å²) in [7, 11) is 1.28. The minimum atomic E-state index is -5.18. The number of halogens is 3. The first-order valence-corrected chi connectivity index (χ1v) is 9.40. The number of rotatable bonds is 4. The van der Waals surface area contributed by atoms with Crippen LogP contribution in [0.4, 0.5) is 19.1 Å². The number of nitrogens with one attached hydrogen (secondary N) is 1. The Morgan fingerprint density at radius 3 is 2.66 bits per heavy atom. The summed E-state index contributed by atoms with van der Waals surface area (Å²) < 4.78 is 46.3. The van der Waals surface area contributed by atoms with Gasteiger partial charge in [-0.2, -0.15) is 18.2 Å². The van der Waals surface area contributed by atoms with E-state index in [2.05, 4.69) is 32.8 Å². The van der Waals surface area contributed by atoms with Gasteiger partial charge in [0, 0.05) is 20.1 Å². The van der Waals surface area contributed by atoms with Gasteiger partial charge < -0.3 is 15.0 Å². The molecule has 1 saturated heterocycles. The van der Waals surface area contributed by atoms with Crippen molar-refractivity contribution >= 4 is 23.1 Å². The molecule has 0 spiro atoms. The van der Waals surface area contributed by atoms with Crippen molar-refractivity contribution in [2.24, 2.45) is 7.05 Å². The third kappa shape index (κ3) is 4.07. The minimum Gasteiger partial charge on any atom is -0.433 e. The van der Waals surface area contributed by atoms with Gasteiger partial charge in [0.05, 0.1) is 19.6 Å². The average Bonchev–Trinajstić information content (AvgIpc) is 3.12. The number of esters is 1. The van der Waals surface area contributed by atoms with E-state index in [-0.39, 0.29) is 43.3 Å². The molecule has 1 fully saturated rings. The van der Waals surface area contributed by atoms with Gasteiger partial charge in [0.1, 0.15) is 0 Å². The molecular formula is C19H19F3N6O4. The summed E-state index contributed by atoms with van der Waals surface area (Å²) >= 11 is 0. The summed E-state index contributed by atoms with van der Waals surface area (Å²) in [5.74, 6) is 5.45. The summed E-state index contributed by atoms with van der Waals surface area (Å²) in [4.78, 5) is 42.6. The molecule has 3 heterocycles. The number of hydrogen-bond donors (Lipinski definition) is 1. The smallest absolute Gasteiger partial charge is 0.433 e. The average molecular weight is 452 g/mol. The van der Waals surface area contributed by atoms with E-state index < -0.39 is 29.6 Å². The fraction of sp³-hybridized carbons (Fsp3) is 0.474. The number of alkyl halides is 3. The Bertz CT molecular complexity index is 1270.